The molecule has 7 nitrogen and oxygen atoms in total. The molecule has 0 unspecified atom stereocenters. The van der Waals surface area contributed by atoms with E-state index < -0.39 is 5.54 Å². The number of aryl methyl sites for hydroxylation is 2. The van der Waals surface area contributed by atoms with Crippen LogP contribution in [0.3, 0.4) is 0 Å². The fourth-order valence-electron chi connectivity index (χ4n) is 4.89. The van der Waals surface area contributed by atoms with Gasteiger partial charge in [0.15, 0.2) is 0 Å². The second-order valence-corrected chi connectivity index (χ2v) is 9.17. The van der Waals surface area contributed by atoms with Crippen molar-refractivity contribution in [1.29, 1.82) is 0 Å². The summed E-state index contributed by atoms with van der Waals surface area (Å²) in [5.41, 5.74) is 3.73. The number of carbonyl (C=O) groups excluding carboxylic acids is 2. The van der Waals surface area contributed by atoms with Crippen LogP contribution in [0.2, 0.25) is 0 Å². The van der Waals surface area contributed by atoms with Crippen molar-refractivity contribution in [1.82, 2.24) is 19.9 Å². The van der Waals surface area contributed by atoms with Crippen molar-refractivity contribution in [3.8, 4) is 0 Å². The van der Waals surface area contributed by atoms with Gasteiger partial charge in [-0.25, -0.2) is 19.4 Å². The van der Waals surface area contributed by atoms with Crippen LogP contribution >= 0.6 is 0 Å². The number of hydrogen-bond donors (Lipinski definition) is 0. The first kappa shape index (κ1) is 22.4. The highest BCUT2D eigenvalue weighted by Crippen LogP contribution is 2.40. The monoisotopic (exact) mass is 462 g/mol. The van der Waals surface area contributed by atoms with Crippen molar-refractivity contribution in [3.05, 3.63) is 70.8 Å². The average Bonchev–Trinajstić information content (AvgIpc) is 3.13. The van der Waals surface area contributed by atoms with Gasteiger partial charge in [-0.05, 0) is 57.4 Å². The summed E-state index contributed by atoms with van der Waals surface area (Å²) < 4.78 is 14.0. The highest BCUT2D eigenvalue weighted by Gasteiger charge is 2.48. The van der Waals surface area contributed by atoms with Crippen LogP contribution in [0.5, 0.6) is 0 Å². The van der Waals surface area contributed by atoms with E-state index in [-0.39, 0.29) is 24.2 Å². The molecule has 34 heavy (non-hydrogen) atoms. The van der Waals surface area contributed by atoms with Crippen LogP contribution in [0, 0.1) is 19.7 Å². The van der Waals surface area contributed by atoms with Crippen molar-refractivity contribution < 1.29 is 18.8 Å². The van der Waals surface area contributed by atoms with Crippen molar-refractivity contribution in [2.45, 2.75) is 51.7 Å². The van der Waals surface area contributed by atoms with E-state index in [1.807, 2.05) is 24.8 Å². The Hall–Kier alpha value is -3.39. The molecule has 2 saturated heterocycles. The lowest BCUT2D eigenvalue weighted by atomic mass is 9.85. The van der Waals surface area contributed by atoms with E-state index in [0.717, 1.165) is 16.9 Å². The first-order valence-electron chi connectivity index (χ1n) is 11.6. The number of hydrogen-bond acceptors (Lipinski definition) is 5. The number of benzene rings is 2. The number of rotatable bonds is 4. The van der Waals surface area contributed by atoms with Gasteiger partial charge < -0.3 is 4.90 Å². The maximum atomic E-state index is 14.0. The number of nitrogens with zero attached hydrogens (tertiary/aromatic N) is 4. The van der Waals surface area contributed by atoms with Crippen LogP contribution in [-0.2, 0) is 16.2 Å². The summed E-state index contributed by atoms with van der Waals surface area (Å²) in [7, 11) is 0. The second kappa shape index (κ2) is 8.76. The molecule has 3 heterocycles. The molecular formula is C26H27FN4O3. The van der Waals surface area contributed by atoms with Gasteiger partial charge in [0.1, 0.15) is 12.4 Å². The Kier molecular flexibility index (Phi) is 5.77. The summed E-state index contributed by atoms with van der Waals surface area (Å²) in [4.78, 5) is 42.6. The summed E-state index contributed by atoms with van der Waals surface area (Å²) in [5.74, 6) is -0.496. The second-order valence-electron chi connectivity index (χ2n) is 9.17. The molecule has 0 atom stereocenters. The Labute approximate surface area is 197 Å². The van der Waals surface area contributed by atoms with E-state index >= 15 is 0 Å². The van der Waals surface area contributed by atoms with E-state index in [2.05, 4.69) is 9.97 Å². The zero-order valence-corrected chi connectivity index (χ0v) is 19.4. The molecule has 176 valence electrons. The molecule has 2 fully saturated rings. The molecule has 1 aromatic heterocycles. The number of hydroxylamine groups is 2. The van der Waals surface area contributed by atoms with Gasteiger partial charge in [-0.15, -0.1) is 0 Å². The third-order valence-corrected chi connectivity index (χ3v) is 7.07. The summed E-state index contributed by atoms with van der Waals surface area (Å²) >= 11 is 0. The zero-order valence-electron chi connectivity index (χ0n) is 19.4. The molecule has 0 bridgehead atoms. The van der Waals surface area contributed by atoms with Gasteiger partial charge in [-0.2, -0.15) is 0 Å². The Morgan fingerprint density at radius 1 is 1.03 bits per heavy atom. The topological polar surface area (TPSA) is 75.6 Å². The molecule has 2 aromatic carbocycles. The number of aromatic nitrogens is 2. The predicted octanol–water partition coefficient (Wildman–Crippen LogP) is 4.11. The Morgan fingerprint density at radius 3 is 2.47 bits per heavy atom. The number of halogens is 1. The van der Waals surface area contributed by atoms with E-state index in [1.54, 1.807) is 30.3 Å². The van der Waals surface area contributed by atoms with Gasteiger partial charge in [-0.3, -0.25) is 14.4 Å². The Balaban J connectivity index is 1.28. The molecule has 5 rings (SSSR count). The minimum absolute atomic E-state index is 0.000174. The molecular weight excluding hydrogens is 435 g/mol. The number of likely N-dealkylation sites (tertiary alicyclic amines) is 1. The highest BCUT2D eigenvalue weighted by atomic mass is 19.1. The van der Waals surface area contributed by atoms with E-state index in [1.165, 1.54) is 11.1 Å². The lowest BCUT2D eigenvalue weighted by Gasteiger charge is -2.43. The fourth-order valence-corrected chi connectivity index (χ4v) is 4.89. The molecule has 2 aliphatic heterocycles. The molecule has 3 aromatic rings. The third kappa shape index (κ3) is 4.03. The molecule has 0 aliphatic carbocycles. The van der Waals surface area contributed by atoms with Crippen molar-refractivity contribution in [2.24, 2.45) is 0 Å². The van der Waals surface area contributed by atoms with Gasteiger partial charge in [0.25, 0.3) is 5.91 Å². The number of fused-ring (bicyclic) bond motifs is 1. The fraction of sp³-hybridized carbons (Fsp3) is 0.385. The first-order chi connectivity index (χ1) is 16.4. The van der Waals surface area contributed by atoms with Gasteiger partial charge in [-0.1, -0.05) is 18.2 Å². The van der Waals surface area contributed by atoms with E-state index in [0.29, 0.717) is 55.4 Å². The predicted molar refractivity (Wildman–Crippen MR) is 124 cm³/mol. The normalized spacial score (nSPS) is 17.7. The number of carbonyl (C=O) groups is 2. The highest BCUT2D eigenvalue weighted by molar-refractivity contribution is 5.97. The lowest BCUT2D eigenvalue weighted by molar-refractivity contribution is -0.222. The SMILES string of the molecule is Cc1nc2ccc(C(=O)N3CCC4(CCC(=O)N4OCc4ccccc4F)CC3)cc2nc1C. The van der Waals surface area contributed by atoms with E-state index in [4.69, 9.17) is 4.84 Å². The molecule has 0 saturated carbocycles. The van der Waals surface area contributed by atoms with Crippen LogP contribution in [-0.4, -0.2) is 50.4 Å². The number of piperidine rings is 1. The van der Waals surface area contributed by atoms with Crippen LogP contribution in [0.15, 0.2) is 42.5 Å². The quantitative estimate of drug-likeness (QED) is 0.583. The molecule has 2 aliphatic rings. The van der Waals surface area contributed by atoms with Gasteiger partial charge in [0.2, 0.25) is 5.91 Å². The van der Waals surface area contributed by atoms with Crippen LogP contribution < -0.4 is 0 Å². The van der Waals surface area contributed by atoms with Crippen molar-refractivity contribution >= 4 is 22.8 Å². The lowest BCUT2D eigenvalue weighted by Crippen LogP contribution is -2.54. The summed E-state index contributed by atoms with van der Waals surface area (Å²) in [6.45, 7) is 4.86. The van der Waals surface area contributed by atoms with Gasteiger partial charge in [0.05, 0.1) is 28.0 Å². The Bertz CT molecular complexity index is 1270. The van der Waals surface area contributed by atoms with Crippen molar-refractivity contribution in [3.63, 3.8) is 0 Å². The maximum absolute atomic E-state index is 14.0. The summed E-state index contributed by atoms with van der Waals surface area (Å²) in [5, 5.41) is 1.46. The number of amides is 2. The van der Waals surface area contributed by atoms with Crippen LogP contribution in [0.25, 0.3) is 11.0 Å². The summed E-state index contributed by atoms with van der Waals surface area (Å²) in [6.07, 6.45) is 2.31. The Morgan fingerprint density at radius 2 is 1.74 bits per heavy atom. The third-order valence-electron chi connectivity index (χ3n) is 7.07. The molecule has 2 amide bonds. The van der Waals surface area contributed by atoms with Gasteiger partial charge in [0, 0.05) is 30.6 Å². The summed E-state index contributed by atoms with van der Waals surface area (Å²) in [6, 6.07) is 11.8. The minimum atomic E-state index is -0.456. The van der Waals surface area contributed by atoms with Crippen LogP contribution in [0.1, 0.15) is 53.0 Å². The molecule has 8 heteroatoms. The molecule has 0 N–H and O–H groups in total. The minimum Gasteiger partial charge on any atom is -0.338 e. The van der Waals surface area contributed by atoms with Crippen LogP contribution in [0.4, 0.5) is 4.39 Å². The maximum Gasteiger partial charge on any atom is 0.253 e. The molecule has 1 spiro atoms. The molecule has 0 radical (unpaired) electrons. The van der Waals surface area contributed by atoms with Crippen molar-refractivity contribution in [2.75, 3.05) is 13.1 Å². The largest absolute Gasteiger partial charge is 0.338 e. The smallest absolute Gasteiger partial charge is 0.253 e. The average molecular weight is 463 g/mol. The van der Waals surface area contributed by atoms with E-state index in [9.17, 15) is 14.0 Å². The standard InChI is InChI=1S/C26H27FN4O3/c1-17-18(2)29-23-15-19(7-8-22(23)28-17)25(33)30-13-11-26(12-14-30)10-9-24(32)31(26)34-16-20-5-3-4-6-21(20)27/h3-8,15H,9-14,16H2,1-2H3. The van der Waals surface area contributed by atoms with Gasteiger partial charge >= 0.3 is 0 Å². The first-order valence-corrected chi connectivity index (χ1v) is 11.6. The zero-order chi connectivity index (χ0) is 23.9.